The molecule has 0 spiro atoms. The normalized spacial score (nSPS) is 11.8. The minimum Gasteiger partial charge on any atom is -0.497 e. The van der Waals surface area contributed by atoms with E-state index in [1.54, 1.807) is 68.6 Å². The fourth-order valence-electron chi connectivity index (χ4n) is 3.07. The summed E-state index contributed by atoms with van der Waals surface area (Å²) in [5.74, 6) is 0.0846. The molecular weight excluding hydrogens is 458 g/mol. The van der Waals surface area contributed by atoms with Gasteiger partial charge in [0.25, 0.3) is 10.0 Å². The average molecular weight is 478 g/mol. The van der Waals surface area contributed by atoms with E-state index in [2.05, 4.69) is 15.9 Å². The number of benzene rings is 2. The average Bonchev–Trinajstić information content (AvgIpc) is 3.06. The van der Waals surface area contributed by atoms with Crippen LogP contribution in [0.15, 0.2) is 59.5 Å². The number of hydrogen-bond acceptors (Lipinski definition) is 5. The molecule has 6 nitrogen and oxygen atoms in total. The molecule has 0 saturated carbocycles. The van der Waals surface area contributed by atoms with Gasteiger partial charge in [0.15, 0.2) is 0 Å². The van der Waals surface area contributed by atoms with E-state index in [-0.39, 0.29) is 16.8 Å². The van der Waals surface area contributed by atoms with Crippen LogP contribution < -0.4 is 4.74 Å². The Bertz CT molecular complexity index is 1170. The predicted molar refractivity (Wildman–Crippen MR) is 116 cm³/mol. The van der Waals surface area contributed by atoms with Crippen LogP contribution in [-0.2, 0) is 24.9 Å². The van der Waals surface area contributed by atoms with Crippen molar-refractivity contribution in [3.63, 3.8) is 0 Å². The number of rotatable bonds is 7. The monoisotopic (exact) mass is 477 g/mol. The molecule has 0 bridgehead atoms. The molecule has 1 heterocycles. The van der Waals surface area contributed by atoms with Crippen LogP contribution >= 0.6 is 15.9 Å². The van der Waals surface area contributed by atoms with Gasteiger partial charge in [-0.05, 0) is 43.3 Å². The zero-order chi connectivity index (χ0) is 21.0. The molecule has 29 heavy (non-hydrogen) atoms. The van der Waals surface area contributed by atoms with Crippen LogP contribution in [0.3, 0.4) is 0 Å². The zero-order valence-corrected chi connectivity index (χ0v) is 18.4. The molecule has 0 unspecified atom stereocenters. The van der Waals surface area contributed by atoms with Crippen molar-refractivity contribution in [1.29, 1.82) is 0 Å². The Labute approximate surface area is 177 Å². The molecule has 0 radical (unpaired) electrons. The summed E-state index contributed by atoms with van der Waals surface area (Å²) in [7, 11) is -2.32. The van der Waals surface area contributed by atoms with Gasteiger partial charge in [-0.25, -0.2) is 17.2 Å². The number of hydrogen-bond donors (Lipinski definition) is 0. The van der Waals surface area contributed by atoms with Crippen LogP contribution in [-0.4, -0.2) is 32.1 Å². The molecule has 3 rings (SSSR count). The number of fused-ring (bicyclic) bond motifs is 1. The molecule has 152 valence electrons. The van der Waals surface area contributed by atoms with Crippen molar-refractivity contribution in [3.8, 4) is 5.75 Å². The van der Waals surface area contributed by atoms with E-state index in [0.29, 0.717) is 27.9 Å². The van der Waals surface area contributed by atoms with Crippen LogP contribution in [0, 0.1) is 0 Å². The topological polar surface area (TPSA) is 74.6 Å². The first-order chi connectivity index (χ1) is 13.9. The summed E-state index contributed by atoms with van der Waals surface area (Å²) in [6, 6.07) is 13.4. The number of ether oxygens (including phenoxy) is 2. The summed E-state index contributed by atoms with van der Waals surface area (Å²) in [4.78, 5) is 12.0. The maximum Gasteiger partial charge on any atom is 0.330 e. The number of aromatic nitrogens is 1. The fraction of sp³-hybridized carbons (Fsp3) is 0.190. The minimum atomic E-state index is -3.86. The zero-order valence-electron chi connectivity index (χ0n) is 16.0. The lowest BCUT2D eigenvalue weighted by Gasteiger charge is -2.11. The lowest BCUT2D eigenvalue weighted by Crippen LogP contribution is -2.15. The first kappa shape index (κ1) is 21.1. The summed E-state index contributed by atoms with van der Waals surface area (Å²) in [5, 5.41) is 0.914. The van der Waals surface area contributed by atoms with E-state index in [9.17, 15) is 13.2 Å². The van der Waals surface area contributed by atoms with Crippen LogP contribution in [0.5, 0.6) is 5.75 Å². The predicted octanol–water partition coefficient (Wildman–Crippen LogP) is 4.36. The molecule has 2 aromatic carbocycles. The second-order valence-corrected chi connectivity index (χ2v) is 8.39. The van der Waals surface area contributed by atoms with Gasteiger partial charge < -0.3 is 9.47 Å². The summed E-state index contributed by atoms with van der Waals surface area (Å²) in [5.41, 5.74) is 1.59. The third-order valence-electron chi connectivity index (χ3n) is 4.35. The number of carbonyl (C=O) groups excluding carboxylic acids is 1. The van der Waals surface area contributed by atoms with Crippen molar-refractivity contribution in [2.45, 2.75) is 17.1 Å². The third-order valence-corrected chi connectivity index (χ3v) is 6.65. The fourth-order valence-corrected chi connectivity index (χ4v) is 5.37. The Morgan fingerprint density at radius 1 is 1.17 bits per heavy atom. The van der Waals surface area contributed by atoms with Crippen LogP contribution in [0.1, 0.15) is 18.2 Å². The maximum absolute atomic E-state index is 13.4. The number of esters is 1. The molecular formula is C21H20BrNO5S. The van der Waals surface area contributed by atoms with E-state index >= 15 is 0 Å². The van der Waals surface area contributed by atoms with Crippen LogP contribution in [0.2, 0.25) is 0 Å². The van der Waals surface area contributed by atoms with Gasteiger partial charge in [0.05, 0.1) is 29.8 Å². The van der Waals surface area contributed by atoms with Gasteiger partial charge in [-0.3, -0.25) is 0 Å². The van der Waals surface area contributed by atoms with Crippen molar-refractivity contribution in [1.82, 2.24) is 3.97 Å². The highest BCUT2D eigenvalue weighted by atomic mass is 79.9. The number of carbonyl (C=O) groups is 1. The van der Waals surface area contributed by atoms with E-state index in [4.69, 9.17) is 9.47 Å². The molecule has 0 atom stereocenters. The lowest BCUT2D eigenvalue weighted by atomic mass is 10.1. The van der Waals surface area contributed by atoms with Gasteiger partial charge in [-0.2, -0.15) is 0 Å². The van der Waals surface area contributed by atoms with Gasteiger partial charge in [0.1, 0.15) is 5.75 Å². The summed E-state index contributed by atoms with van der Waals surface area (Å²) in [6.45, 7) is 1.98. The van der Waals surface area contributed by atoms with Crippen LogP contribution in [0.25, 0.3) is 17.0 Å². The Balaban J connectivity index is 2.32. The van der Waals surface area contributed by atoms with Crippen molar-refractivity contribution in [2.24, 2.45) is 0 Å². The summed E-state index contributed by atoms with van der Waals surface area (Å²) >= 11 is 3.41. The van der Waals surface area contributed by atoms with E-state index in [1.165, 1.54) is 10.0 Å². The highest BCUT2D eigenvalue weighted by Gasteiger charge is 2.26. The highest BCUT2D eigenvalue weighted by Crippen LogP contribution is 2.34. The Kier molecular flexibility index (Phi) is 6.44. The van der Waals surface area contributed by atoms with Gasteiger partial charge in [0.2, 0.25) is 0 Å². The molecule has 8 heteroatoms. The number of methoxy groups -OCH3 is 1. The van der Waals surface area contributed by atoms with Crippen molar-refractivity contribution in [2.75, 3.05) is 13.7 Å². The van der Waals surface area contributed by atoms with Gasteiger partial charge >= 0.3 is 5.97 Å². The Morgan fingerprint density at radius 2 is 1.90 bits per heavy atom. The number of halogens is 1. The van der Waals surface area contributed by atoms with E-state index in [0.717, 1.165) is 0 Å². The number of nitrogens with zero attached hydrogens (tertiary/aromatic N) is 1. The summed E-state index contributed by atoms with van der Waals surface area (Å²) < 4.78 is 38.4. The maximum atomic E-state index is 13.4. The second-order valence-electron chi connectivity index (χ2n) is 6.04. The van der Waals surface area contributed by atoms with Gasteiger partial charge in [0, 0.05) is 22.4 Å². The first-order valence-electron chi connectivity index (χ1n) is 8.86. The lowest BCUT2D eigenvalue weighted by molar-refractivity contribution is -0.137. The third kappa shape index (κ3) is 4.09. The van der Waals surface area contributed by atoms with Crippen molar-refractivity contribution in [3.05, 3.63) is 65.9 Å². The molecule has 0 aliphatic carbocycles. The molecule has 0 fully saturated rings. The molecule has 0 aliphatic heterocycles. The smallest absolute Gasteiger partial charge is 0.330 e. The Morgan fingerprint density at radius 3 is 2.52 bits per heavy atom. The standard InChI is InChI=1S/C21H20BrNO5S/c1-3-28-21(24)12-10-17-18-13-15(27-2)9-11-19(18)23(20(17)14-22)29(25,26)16-7-5-4-6-8-16/h4-13H,3,14H2,1-2H3/b12-10+. The Hall–Kier alpha value is -2.58. The van der Waals surface area contributed by atoms with Crippen molar-refractivity contribution < 1.29 is 22.7 Å². The molecule has 0 aliphatic rings. The largest absolute Gasteiger partial charge is 0.497 e. The minimum absolute atomic E-state index is 0.177. The van der Waals surface area contributed by atoms with Gasteiger partial charge in [-0.15, -0.1) is 0 Å². The quantitative estimate of drug-likeness (QED) is 0.287. The van der Waals surface area contributed by atoms with Gasteiger partial charge in [-0.1, -0.05) is 34.1 Å². The van der Waals surface area contributed by atoms with E-state index in [1.807, 2.05) is 0 Å². The van der Waals surface area contributed by atoms with Crippen LogP contribution in [0.4, 0.5) is 0 Å². The highest BCUT2D eigenvalue weighted by molar-refractivity contribution is 9.08. The molecule has 0 amide bonds. The SMILES string of the molecule is CCOC(=O)/C=C/c1c(CBr)n(S(=O)(=O)c2ccccc2)c2ccc(OC)cc12. The second kappa shape index (κ2) is 8.84. The van der Waals surface area contributed by atoms with Crippen molar-refractivity contribution >= 4 is 48.9 Å². The molecule has 1 aromatic heterocycles. The molecule has 0 N–H and O–H groups in total. The molecule has 0 saturated heterocycles. The summed E-state index contributed by atoms with van der Waals surface area (Å²) in [6.07, 6.45) is 2.87. The molecule has 3 aromatic rings. The first-order valence-corrected chi connectivity index (χ1v) is 11.4. The van der Waals surface area contributed by atoms with E-state index < -0.39 is 16.0 Å². The number of alkyl halides is 1.